The van der Waals surface area contributed by atoms with E-state index in [0.717, 1.165) is 0 Å². The fourth-order valence-corrected chi connectivity index (χ4v) is 1.27. The van der Waals surface area contributed by atoms with Crippen LogP contribution in [-0.4, -0.2) is 4.43 Å². The van der Waals surface area contributed by atoms with Crippen molar-refractivity contribution >= 4 is 22.6 Å². The normalized spacial score (nSPS) is 13.4. The van der Waals surface area contributed by atoms with Gasteiger partial charge in [-0.05, 0) is 31.1 Å². The maximum atomic E-state index is 2.42. The smallest absolute Gasteiger partial charge is 0.000157 e. The second-order valence-electron chi connectivity index (χ2n) is 2.54. The molecule has 0 N–H and O–H groups in total. The van der Waals surface area contributed by atoms with Crippen LogP contribution in [0.2, 0.25) is 0 Å². The van der Waals surface area contributed by atoms with Crippen LogP contribution in [0.5, 0.6) is 0 Å². The Kier molecular flexibility index (Phi) is 9.00. The Balaban J connectivity index is 3.84. The summed E-state index contributed by atoms with van der Waals surface area (Å²) in [6.07, 6.45) is 13.1. The Hall–Kier alpha value is -0.0500. The van der Waals surface area contributed by atoms with Crippen molar-refractivity contribution in [1.29, 1.82) is 0 Å². The summed E-state index contributed by atoms with van der Waals surface area (Å²) in [7, 11) is 0. The lowest BCUT2D eigenvalue weighted by Gasteiger charge is -1.97. The Labute approximate surface area is 89.6 Å². The van der Waals surface area contributed by atoms with Gasteiger partial charge in [0.15, 0.2) is 0 Å². The molecule has 1 heteroatoms. The first kappa shape index (κ1) is 11.9. The van der Waals surface area contributed by atoms with Crippen molar-refractivity contribution in [3.63, 3.8) is 0 Å². The molecule has 0 saturated carbocycles. The number of hydrogen-bond acceptors (Lipinski definition) is 0. The van der Waals surface area contributed by atoms with Crippen LogP contribution < -0.4 is 0 Å². The highest BCUT2D eigenvalue weighted by atomic mass is 127. The lowest BCUT2D eigenvalue weighted by Crippen LogP contribution is -1.79. The molecule has 0 aromatic carbocycles. The highest BCUT2D eigenvalue weighted by molar-refractivity contribution is 14.1. The largest absolute Gasteiger partial charge is 0.0877 e. The predicted octanol–water partition coefficient (Wildman–Crippen LogP) is 4.28. The summed E-state index contributed by atoms with van der Waals surface area (Å²) in [6, 6.07) is 0. The molecule has 0 atom stereocenters. The molecule has 0 saturated heterocycles. The van der Waals surface area contributed by atoms with Crippen molar-refractivity contribution in [2.75, 3.05) is 4.43 Å². The molecule has 0 heterocycles. The number of alkyl halides is 1. The van der Waals surface area contributed by atoms with Crippen LogP contribution in [0, 0.1) is 0 Å². The number of rotatable bonds is 5. The molecule has 0 radical (unpaired) electrons. The number of halogens is 1. The van der Waals surface area contributed by atoms with E-state index in [0.29, 0.717) is 0 Å². The average Bonchev–Trinajstić information content (AvgIpc) is 2.11. The van der Waals surface area contributed by atoms with Crippen molar-refractivity contribution in [2.45, 2.75) is 26.7 Å². The zero-order valence-corrected chi connectivity index (χ0v) is 10.0. The van der Waals surface area contributed by atoms with Crippen LogP contribution in [-0.2, 0) is 0 Å². The van der Waals surface area contributed by atoms with Gasteiger partial charge in [0.1, 0.15) is 0 Å². The topological polar surface area (TPSA) is 0 Å². The summed E-state index contributed by atoms with van der Waals surface area (Å²) >= 11 is 2.42. The summed E-state index contributed by atoms with van der Waals surface area (Å²) in [5.74, 6) is 0. The summed E-state index contributed by atoms with van der Waals surface area (Å²) in [6.45, 7) is 4.13. The summed E-state index contributed by atoms with van der Waals surface area (Å²) in [5, 5.41) is 0. The van der Waals surface area contributed by atoms with E-state index >= 15 is 0 Å². The van der Waals surface area contributed by atoms with Gasteiger partial charge in [-0.25, -0.2) is 0 Å². The minimum absolute atomic E-state index is 1.20. The van der Waals surface area contributed by atoms with E-state index in [4.69, 9.17) is 0 Å². The number of allylic oxidation sites excluding steroid dienone is 6. The molecule has 68 valence electrons. The van der Waals surface area contributed by atoms with Gasteiger partial charge < -0.3 is 0 Å². The third kappa shape index (κ3) is 6.65. The quantitative estimate of drug-likeness (QED) is 0.399. The van der Waals surface area contributed by atoms with Gasteiger partial charge in [0.2, 0.25) is 0 Å². The number of hydrogen-bond donors (Lipinski definition) is 0. The van der Waals surface area contributed by atoms with Gasteiger partial charge in [0, 0.05) is 0 Å². The fourth-order valence-electron chi connectivity index (χ4n) is 0.885. The Morgan fingerprint density at radius 1 is 1.25 bits per heavy atom. The lowest BCUT2D eigenvalue weighted by molar-refractivity contribution is 0.948. The summed E-state index contributed by atoms with van der Waals surface area (Å²) in [4.78, 5) is 0. The van der Waals surface area contributed by atoms with E-state index < -0.39 is 0 Å². The van der Waals surface area contributed by atoms with Gasteiger partial charge in [-0.2, -0.15) is 0 Å². The Bertz CT molecular complexity index is 175. The fraction of sp³-hybridized carbons (Fsp3) is 0.455. The van der Waals surface area contributed by atoms with Crippen LogP contribution in [0.4, 0.5) is 0 Å². The van der Waals surface area contributed by atoms with Crippen LogP contribution in [0.15, 0.2) is 36.0 Å². The highest BCUT2D eigenvalue weighted by Gasteiger charge is 1.88. The molecule has 0 rings (SSSR count). The molecule has 0 aliphatic carbocycles. The molecule has 0 aliphatic rings. The Morgan fingerprint density at radius 2 is 2.00 bits per heavy atom. The SMILES string of the molecule is C\C=C/C=C\C(=C/C)CCCI. The molecule has 0 spiro atoms. The first-order valence-electron chi connectivity index (χ1n) is 4.35. The first-order valence-corrected chi connectivity index (χ1v) is 5.88. The van der Waals surface area contributed by atoms with Gasteiger partial charge in [-0.1, -0.05) is 58.5 Å². The maximum absolute atomic E-state index is 2.42. The summed E-state index contributed by atoms with van der Waals surface area (Å²) in [5.41, 5.74) is 1.43. The molecular formula is C11H17I. The average molecular weight is 276 g/mol. The zero-order chi connectivity index (χ0) is 9.23. The molecule has 0 nitrogen and oxygen atoms in total. The van der Waals surface area contributed by atoms with Crippen LogP contribution in [0.1, 0.15) is 26.7 Å². The molecule has 0 amide bonds. The van der Waals surface area contributed by atoms with Gasteiger partial charge in [0.25, 0.3) is 0 Å². The van der Waals surface area contributed by atoms with Crippen LogP contribution in [0.25, 0.3) is 0 Å². The molecule has 0 bridgehead atoms. The third-order valence-corrected chi connectivity index (χ3v) is 2.35. The van der Waals surface area contributed by atoms with Gasteiger partial charge >= 0.3 is 0 Å². The lowest BCUT2D eigenvalue weighted by atomic mass is 10.1. The van der Waals surface area contributed by atoms with E-state index in [1.165, 1.54) is 22.8 Å². The van der Waals surface area contributed by atoms with Crippen molar-refractivity contribution < 1.29 is 0 Å². The van der Waals surface area contributed by atoms with Crippen LogP contribution >= 0.6 is 22.6 Å². The Morgan fingerprint density at radius 3 is 2.50 bits per heavy atom. The van der Waals surface area contributed by atoms with Crippen molar-refractivity contribution in [3.8, 4) is 0 Å². The van der Waals surface area contributed by atoms with E-state index in [1.807, 2.05) is 13.0 Å². The standard InChI is InChI=1S/C11H17I/c1-3-5-6-8-11(4-2)9-7-10-12/h3-6,8H,7,9-10H2,1-2H3/b5-3-,8-6-,11-4+. The molecule has 0 aromatic rings. The van der Waals surface area contributed by atoms with Crippen molar-refractivity contribution in [2.24, 2.45) is 0 Å². The molecule has 0 aromatic heterocycles. The van der Waals surface area contributed by atoms with Crippen molar-refractivity contribution in [1.82, 2.24) is 0 Å². The van der Waals surface area contributed by atoms with E-state index in [1.54, 1.807) is 0 Å². The molecule has 0 unspecified atom stereocenters. The molecule has 0 aliphatic heterocycles. The minimum Gasteiger partial charge on any atom is -0.0877 e. The summed E-state index contributed by atoms with van der Waals surface area (Å²) < 4.78 is 1.24. The second kappa shape index (κ2) is 9.04. The second-order valence-corrected chi connectivity index (χ2v) is 3.62. The van der Waals surface area contributed by atoms with Crippen molar-refractivity contribution in [3.05, 3.63) is 36.0 Å². The van der Waals surface area contributed by atoms with Gasteiger partial charge in [0.05, 0.1) is 0 Å². The maximum Gasteiger partial charge on any atom is -0.000157 e. The predicted molar refractivity (Wildman–Crippen MR) is 65.8 cm³/mol. The van der Waals surface area contributed by atoms with Gasteiger partial charge in [-0.15, -0.1) is 0 Å². The van der Waals surface area contributed by atoms with E-state index in [2.05, 4.69) is 53.8 Å². The third-order valence-electron chi connectivity index (χ3n) is 1.58. The van der Waals surface area contributed by atoms with Crippen LogP contribution in [0.3, 0.4) is 0 Å². The highest BCUT2D eigenvalue weighted by Crippen LogP contribution is 2.08. The molecular weight excluding hydrogens is 259 g/mol. The monoisotopic (exact) mass is 276 g/mol. The van der Waals surface area contributed by atoms with E-state index in [-0.39, 0.29) is 0 Å². The van der Waals surface area contributed by atoms with Gasteiger partial charge in [-0.3, -0.25) is 0 Å². The first-order chi connectivity index (χ1) is 5.85. The van der Waals surface area contributed by atoms with E-state index in [9.17, 15) is 0 Å². The molecule has 12 heavy (non-hydrogen) atoms. The minimum atomic E-state index is 1.20. The molecule has 0 fully saturated rings. The zero-order valence-electron chi connectivity index (χ0n) is 7.89.